The fourth-order valence-corrected chi connectivity index (χ4v) is 1.57. The Morgan fingerprint density at radius 2 is 1.84 bits per heavy atom. The number of hydrogen-bond acceptors (Lipinski definition) is 3. The van der Waals surface area contributed by atoms with Crippen LogP contribution in [0.4, 0.5) is 14.9 Å². The molecule has 1 aromatic carbocycles. The molecule has 0 spiro atoms. The van der Waals surface area contributed by atoms with Crippen LogP contribution in [0.1, 0.15) is 0 Å². The lowest BCUT2D eigenvalue weighted by Gasteiger charge is -2.10. The maximum atomic E-state index is 13.1. The van der Waals surface area contributed by atoms with Crippen molar-refractivity contribution in [1.82, 2.24) is 5.32 Å². The minimum Gasteiger partial charge on any atom is -0.479 e. The molecule has 6 nitrogen and oxygen atoms in total. The highest BCUT2D eigenvalue weighted by atomic mass is 35.5. The van der Waals surface area contributed by atoms with E-state index >= 15 is 0 Å². The van der Waals surface area contributed by atoms with Crippen molar-refractivity contribution >= 4 is 40.9 Å². The maximum Gasteiger partial charge on any atom is 0.334 e. The molecule has 0 bridgehead atoms. The first-order valence-corrected chi connectivity index (χ1v) is 5.67. The second-order valence-corrected chi connectivity index (χ2v) is 4.26. The monoisotopic (exact) mass is 310 g/mol. The van der Waals surface area contributed by atoms with Crippen molar-refractivity contribution in [2.24, 2.45) is 0 Å². The number of nitrogens with one attached hydrogen (secondary N) is 2. The van der Waals surface area contributed by atoms with Crippen molar-refractivity contribution in [2.75, 3.05) is 11.9 Å². The molecule has 0 aliphatic heterocycles. The first-order valence-electron chi connectivity index (χ1n) is 4.91. The van der Waals surface area contributed by atoms with Crippen molar-refractivity contribution in [3.8, 4) is 0 Å². The molecule has 0 saturated carbocycles. The van der Waals surface area contributed by atoms with Gasteiger partial charge in [-0.05, 0) is 12.1 Å². The molecule has 0 heterocycles. The van der Waals surface area contributed by atoms with E-state index in [9.17, 15) is 14.0 Å². The average Bonchev–Trinajstić information content (AvgIpc) is 2.32. The molecule has 1 rings (SSSR count). The molecule has 4 N–H and O–H groups in total. The Balaban J connectivity index is 2.60. The second-order valence-electron chi connectivity index (χ2n) is 3.44. The van der Waals surface area contributed by atoms with Gasteiger partial charge in [0, 0.05) is 5.69 Å². The highest BCUT2D eigenvalue weighted by Gasteiger charge is 2.14. The summed E-state index contributed by atoms with van der Waals surface area (Å²) in [6, 6.07) is 1.48. The zero-order valence-corrected chi connectivity index (χ0v) is 10.8. The molecule has 2 amide bonds. The number of carbonyl (C=O) groups excluding carboxylic acids is 1. The SMILES string of the molecule is O=C(NCC(O)C(=O)O)Nc1cc(Cl)c(F)c(Cl)c1. The van der Waals surface area contributed by atoms with E-state index in [1.807, 2.05) is 0 Å². The predicted molar refractivity (Wildman–Crippen MR) is 67.1 cm³/mol. The van der Waals surface area contributed by atoms with Gasteiger partial charge in [-0.25, -0.2) is 14.0 Å². The van der Waals surface area contributed by atoms with Gasteiger partial charge in [0.05, 0.1) is 16.6 Å². The van der Waals surface area contributed by atoms with Crippen LogP contribution < -0.4 is 10.6 Å². The first kappa shape index (κ1) is 15.5. The van der Waals surface area contributed by atoms with Gasteiger partial charge in [-0.15, -0.1) is 0 Å². The van der Waals surface area contributed by atoms with Crippen LogP contribution in [0.3, 0.4) is 0 Å². The molecule has 0 saturated heterocycles. The van der Waals surface area contributed by atoms with E-state index in [4.69, 9.17) is 33.4 Å². The number of aliphatic carboxylic acids is 1. The van der Waals surface area contributed by atoms with E-state index in [1.165, 1.54) is 0 Å². The zero-order valence-electron chi connectivity index (χ0n) is 9.28. The summed E-state index contributed by atoms with van der Waals surface area (Å²) in [5, 5.41) is 21.1. The van der Waals surface area contributed by atoms with Crippen LogP contribution in [0, 0.1) is 5.82 Å². The smallest absolute Gasteiger partial charge is 0.334 e. The standard InChI is InChI=1S/C10H9Cl2FN2O4/c11-5-1-4(2-6(12)8(5)13)15-10(19)14-3-7(16)9(17)18/h1-2,7,16H,3H2,(H,17,18)(H2,14,15,19). The summed E-state index contributed by atoms with van der Waals surface area (Å²) in [5.41, 5.74) is 0.124. The molecule has 1 unspecified atom stereocenters. The molecular weight excluding hydrogens is 302 g/mol. The number of halogens is 3. The third-order valence-electron chi connectivity index (χ3n) is 1.98. The number of urea groups is 1. The predicted octanol–water partition coefficient (Wildman–Crippen LogP) is 1.70. The van der Waals surface area contributed by atoms with E-state index in [-0.39, 0.29) is 15.7 Å². The minimum atomic E-state index is -1.72. The summed E-state index contributed by atoms with van der Waals surface area (Å²) in [7, 11) is 0. The summed E-state index contributed by atoms with van der Waals surface area (Å²) >= 11 is 11.0. The Hall–Kier alpha value is -1.57. The van der Waals surface area contributed by atoms with Crippen LogP contribution in [0.5, 0.6) is 0 Å². The second kappa shape index (κ2) is 6.55. The summed E-state index contributed by atoms with van der Waals surface area (Å²) < 4.78 is 13.1. The number of aliphatic hydroxyl groups excluding tert-OH is 1. The highest BCUT2D eigenvalue weighted by Crippen LogP contribution is 2.27. The number of benzene rings is 1. The Bertz CT molecular complexity index is 489. The van der Waals surface area contributed by atoms with Crippen LogP contribution >= 0.6 is 23.2 Å². The lowest BCUT2D eigenvalue weighted by molar-refractivity contribution is -0.146. The fraction of sp³-hybridized carbons (Fsp3) is 0.200. The summed E-state index contributed by atoms with van der Waals surface area (Å²) in [6.45, 7) is -0.482. The number of carbonyl (C=O) groups is 2. The highest BCUT2D eigenvalue weighted by molar-refractivity contribution is 6.35. The van der Waals surface area contributed by atoms with E-state index < -0.39 is 30.5 Å². The van der Waals surface area contributed by atoms with Gasteiger partial charge in [0.25, 0.3) is 0 Å². The van der Waals surface area contributed by atoms with Crippen molar-refractivity contribution < 1.29 is 24.2 Å². The molecule has 9 heteroatoms. The summed E-state index contributed by atoms with van der Waals surface area (Å²) in [5.74, 6) is -2.27. The van der Waals surface area contributed by atoms with Crippen LogP contribution in [-0.2, 0) is 4.79 Å². The van der Waals surface area contributed by atoms with Crippen molar-refractivity contribution in [2.45, 2.75) is 6.10 Å². The van der Waals surface area contributed by atoms with Crippen LogP contribution in [0.2, 0.25) is 10.0 Å². The number of hydrogen-bond donors (Lipinski definition) is 4. The molecule has 0 fully saturated rings. The molecule has 19 heavy (non-hydrogen) atoms. The van der Waals surface area contributed by atoms with Gasteiger partial charge < -0.3 is 20.8 Å². The molecule has 1 aromatic rings. The largest absolute Gasteiger partial charge is 0.479 e. The molecule has 104 valence electrons. The first-order chi connectivity index (χ1) is 8.81. The van der Waals surface area contributed by atoms with Crippen molar-refractivity contribution in [3.63, 3.8) is 0 Å². The number of carboxylic acid groups (broad SMARTS) is 1. The Labute approximate surface area is 117 Å². The van der Waals surface area contributed by atoms with E-state index in [0.717, 1.165) is 12.1 Å². The summed E-state index contributed by atoms with van der Waals surface area (Å²) in [4.78, 5) is 21.6. The number of carboxylic acids is 1. The Morgan fingerprint density at radius 1 is 1.32 bits per heavy atom. The third kappa shape index (κ3) is 4.55. The fourth-order valence-electron chi connectivity index (χ4n) is 1.08. The molecular formula is C10H9Cl2FN2O4. The number of rotatable bonds is 4. The average molecular weight is 311 g/mol. The quantitative estimate of drug-likeness (QED) is 0.636. The van der Waals surface area contributed by atoms with Gasteiger partial charge in [0.15, 0.2) is 11.9 Å². The molecule has 0 aromatic heterocycles. The maximum absolute atomic E-state index is 13.1. The Morgan fingerprint density at radius 3 is 2.32 bits per heavy atom. The molecule has 0 aliphatic rings. The lowest BCUT2D eigenvalue weighted by Crippen LogP contribution is -2.38. The van der Waals surface area contributed by atoms with Gasteiger partial charge in [-0.3, -0.25) is 0 Å². The van der Waals surface area contributed by atoms with E-state index in [1.54, 1.807) is 0 Å². The van der Waals surface area contributed by atoms with Crippen LogP contribution in [0.25, 0.3) is 0 Å². The lowest BCUT2D eigenvalue weighted by atomic mass is 10.3. The number of aliphatic hydroxyl groups is 1. The Kier molecular flexibility index (Phi) is 5.34. The topological polar surface area (TPSA) is 98.7 Å². The van der Waals surface area contributed by atoms with Crippen molar-refractivity contribution in [1.29, 1.82) is 0 Å². The summed E-state index contributed by atoms with van der Waals surface area (Å²) in [6.07, 6.45) is -1.72. The van der Waals surface area contributed by atoms with E-state index in [2.05, 4.69) is 10.6 Å². The van der Waals surface area contributed by atoms with Crippen LogP contribution in [0.15, 0.2) is 12.1 Å². The van der Waals surface area contributed by atoms with Crippen molar-refractivity contribution in [3.05, 3.63) is 28.0 Å². The number of anilines is 1. The van der Waals surface area contributed by atoms with Gasteiger partial charge in [-0.1, -0.05) is 23.2 Å². The van der Waals surface area contributed by atoms with E-state index in [0.29, 0.717) is 0 Å². The molecule has 1 atom stereocenters. The molecule has 0 aliphatic carbocycles. The van der Waals surface area contributed by atoms with Crippen LogP contribution in [-0.4, -0.2) is 34.9 Å². The van der Waals surface area contributed by atoms with Gasteiger partial charge in [0.1, 0.15) is 0 Å². The molecule has 0 radical (unpaired) electrons. The van der Waals surface area contributed by atoms with Gasteiger partial charge in [-0.2, -0.15) is 0 Å². The van der Waals surface area contributed by atoms with Gasteiger partial charge in [0.2, 0.25) is 0 Å². The zero-order chi connectivity index (χ0) is 14.6. The normalized spacial score (nSPS) is 11.8. The van der Waals surface area contributed by atoms with Gasteiger partial charge >= 0.3 is 12.0 Å². The third-order valence-corrected chi connectivity index (χ3v) is 2.53. The number of amides is 2. The minimum absolute atomic E-state index is 0.124.